The molecule has 0 unspecified atom stereocenters. The van der Waals surface area contributed by atoms with E-state index in [1.807, 2.05) is 24.3 Å². The molecule has 9 heteroatoms. The van der Waals surface area contributed by atoms with Crippen LogP contribution in [0.25, 0.3) is 28.2 Å². The number of ether oxygens (including phenoxy) is 1. The molecule has 2 aliphatic heterocycles. The summed E-state index contributed by atoms with van der Waals surface area (Å²) in [5.41, 5.74) is 17.0. The SMILES string of the molecule is Nc1ncccc1-c1nc2ccc(N3CCOCC3)nc2n1-c1ccc(CN2CCC(N)CC2)cc1. The van der Waals surface area contributed by atoms with Gasteiger partial charge >= 0.3 is 0 Å². The number of imidazole rings is 1. The summed E-state index contributed by atoms with van der Waals surface area (Å²) < 4.78 is 7.62. The molecule has 0 saturated carbocycles. The third-order valence-electron chi connectivity index (χ3n) is 7.14. The molecule has 0 atom stereocenters. The van der Waals surface area contributed by atoms with Gasteiger partial charge in [-0.05, 0) is 67.9 Å². The Morgan fingerprint density at radius 2 is 1.69 bits per heavy atom. The number of hydrogen-bond donors (Lipinski definition) is 2. The van der Waals surface area contributed by atoms with Gasteiger partial charge in [0.05, 0.1) is 18.8 Å². The summed E-state index contributed by atoms with van der Waals surface area (Å²) in [6.45, 7) is 6.10. The summed E-state index contributed by atoms with van der Waals surface area (Å²) >= 11 is 0. The smallest absolute Gasteiger partial charge is 0.167 e. The van der Waals surface area contributed by atoms with Crippen LogP contribution in [-0.4, -0.2) is 69.9 Å². The van der Waals surface area contributed by atoms with Crippen molar-refractivity contribution in [2.45, 2.75) is 25.4 Å². The molecule has 6 rings (SSSR count). The van der Waals surface area contributed by atoms with Crippen LogP contribution in [0.1, 0.15) is 18.4 Å². The predicted molar refractivity (Wildman–Crippen MR) is 142 cm³/mol. The standard InChI is InChI=1S/C27H32N8O/c28-20-9-12-33(13-10-20)18-19-3-5-21(6-4-19)35-26(22-2-1-11-30-25(22)29)31-23-7-8-24(32-27(23)35)34-14-16-36-17-15-34/h1-8,11,20H,9-10,12-18,28H2,(H2,29,30). The number of anilines is 2. The van der Waals surface area contributed by atoms with Gasteiger partial charge in [0, 0.05) is 37.6 Å². The first kappa shape index (κ1) is 22.9. The molecule has 9 nitrogen and oxygen atoms in total. The van der Waals surface area contributed by atoms with E-state index in [4.69, 9.17) is 26.2 Å². The Bertz CT molecular complexity index is 1340. The van der Waals surface area contributed by atoms with Gasteiger partial charge in [0.1, 0.15) is 17.2 Å². The molecule has 2 fully saturated rings. The zero-order chi connectivity index (χ0) is 24.5. The van der Waals surface area contributed by atoms with Crippen molar-refractivity contribution in [2.24, 2.45) is 5.73 Å². The number of nitrogen functional groups attached to an aromatic ring is 1. The zero-order valence-corrected chi connectivity index (χ0v) is 20.4. The highest BCUT2D eigenvalue weighted by Crippen LogP contribution is 2.31. The number of pyridine rings is 2. The molecule has 4 N–H and O–H groups in total. The Balaban J connectivity index is 1.40. The van der Waals surface area contributed by atoms with E-state index in [9.17, 15) is 0 Å². The quantitative estimate of drug-likeness (QED) is 0.445. The van der Waals surface area contributed by atoms with Gasteiger partial charge in [-0.15, -0.1) is 0 Å². The first-order valence-corrected chi connectivity index (χ1v) is 12.7. The van der Waals surface area contributed by atoms with Gasteiger partial charge in [0.25, 0.3) is 0 Å². The fraction of sp³-hybridized carbons (Fsp3) is 0.370. The fourth-order valence-corrected chi connectivity index (χ4v) is 5.07. The molecule has 2 aliphatic rings. The van der Waals surface area contributed by atoms with Crippen molar-refractivity contribution >= 4 is 22.8 Å². The number of rotatable bonds is 5. The maximum absolute atomic E-state index is 6.28. The van der Waals surface area contributed by atoms with Crippen molar-refractivity contribution < 1.29 is 4.74 Å². The number of morpholine rings is 1. The highest BCUT2D eigenvalue weighted by Gasteiger charge is 2.21. The minimum atomic E-state index is 0.339. The number of nitrogens with zero attached hydrogens (tertiary/aromatic N) is 6. The Morgan fingerprint density at radius 3 is 2.44 bits per heavy atom. The van der Waals surface area contributed by atoms with Gasteiger partial charge in [0.15, 0.2) is 11.5 Å². The Kier molecular flexibility index (Phi) is 6.27. The number of fused-ring (bicyclic) bond motifs is 1. The van der Waals surface area contributed by atoms with E-state index < -0.39 is 0 Å². The van der Waals surface area contributed by atoms with Gasteiger partial charge in [0.2, 0.25) is 0 Å². The van der Waals surface area contributed by atoms with Crippen LogP contribution in [-0.2, 0) is 11.3 Å². The molecule has 4 aromatic rings. The second-order valence-corrected chi connectivity index (χ2v) is 9.60. The van der Waals surface area contributed by atoms with Gasteiger partial charge in [-0.2, -0.15) is 0 Å². The van der Waals surface area contributed by atoms with Crippen LogP contribution >= 0.6 is 0 Å². The van der Waals surface area contributed by atoms with Crippen molar-refractivity contribution in [3.05, 3.63) is 60.3 Å². The minimum absolute atomic E-state index is 0.339. The molecule has 186 valence electrons. The number of likely N-dealkylation sites (tertiary alicyclic amines) is 1. The average molecular weight is 485 g/mol. The molecule has 0 aliphatic carbocycles. The topological polar surface area (TPSA) is 111 Å². The number of piperidine rings is 1. The number of benzene rings is 1. The van der Waals surface area contributed by atoms with Crippen LogP contribution in [0.5, 0.6) is 0 Å². The van der Waals surface area contributed by atoms with E-state index in [1.165, 1.54) is 5.56 Å². The second kappa shape index (κ2) is 9.85. The van der Waals surface area contributed by atoms with Crippen molar-refractivity contribution in [1.82, 2.24) is 24.4 Å². The van der Waals surface area contributed by atoms with Gasteiger partial charge in [-0.1, -0.05) is 12.1 Å². The predicted octanol–water partition coefficient (Wildman–Crippen LogP) is 2.82. The van der Waals surface area contributed by atoms with Gasteiger partial charge in [-0.3, -0.25) is 9.47 Å². The van der Waals surface area contributed by atoms with Crippen LogP contribution < -0.4 is 16.4 Å². The molecular formula is C27H32N8O. The largest absolute Gasteiger partial charge is 0.383 e. The fourth-order valence-electron chi connectivity index (χ4n) is 5.07. The lowest BCUT2D eigenvalue weighted by atomic mass is 10.1. The molecule has 1 aromatic carbocycles. The van der Waals surface area contributed by atoms with Crippen molar-refractivity contribution in [3.63, 3.8) is 0 Å². The Morgan fingerprint density at radius 1 is 0.917 bits per heavy atom. The van der Waals surface area contributed by atoms with E-state index in [2.05, 4.69) is 43.6 Å². The molecule has 0 amide bonds. The maximum Gasteiger partial charge on any atom is 0.167 e. The first-order valence-electron chi connectivity index (χ1n) is 12.7. The molecule has 0 spiro atoms. The third kappa shape index (κ3) is 4.53. The van der Waals surface area contributed by atoms with Crippen LogP contribution in [0.3, 0.4) is 0 Å². The van der Waals surface area contributed by atoms with E-state index in [0.29, 0.717) is 25.1 Å². The highest BCUT2D eigenvalue weighted by atomic mass is 16.5. The van der Waals surface area contributed by atoms with Crippen molar-refractivity contribution in [2.75, 3.05) is 50.0 Å². The second-order valence-electron chi connectivity index (χ2n) is 9.60. The molecule has 5 heterocycles. The first-order chi connectivity index (χ1) is 17.7. The van der Waals surface area contributed by atoms with Crippen molar-refractivity contribution in [3.8, 4) is 17.1 Å². The van der Waals surface area contributed by atoms with Crippen molar-refractivity contribution in [1.29, 1.82) is 0 Å². The maximum atomic E-state index is 6.28. The number of aromatic nitrogens is 4. The highest BCUT2D eigenvalue weighted by molar-refractivity contribution is 5.83. The van der Waals surface area contributed by atoms with Crippen LogP contribution in [0, 0.1) is 0 Å². The third-order valence-corrected chi connectivity index (χ3v) is 7.14. The lowest BCUT2D eigenvalue weighted by molar-refractivity contribution is 0.122. The number of nitrogens with two attached hydrogens (primary N) is 2. The zero-order valence-electron chi connectivity index (χ0n) is 20.4. The van der Waals surface area contributed by atoms with Crippen LogP contribution in [0.15, 0.2) is 54.7 Å². The summed E-state index contributed by atoms with van der Waals surface area (Å²) in [4.78, 5) is 19.0. The Hall–Kier alpha value is -3.53. The normalized spacial score (nSPS) is 17.6. The number of hydrogen-bond acceptors (Lipinski definition) is 8. The summed E-state index contributed by atoms with van der Waals surface area (Å²) in [5.74, 6) is 2.11. The summed E-state index contributed by atoms with van der Waals surface area (Å²) in [5, 5.41) is 0. The van der Waals surface area contributed by atoms with Crippen LogP contribution in [0.4, 0.5) is 11.6 Å². The summed E-state index contributed by atoms with van der Waals surface area (Å²) in [6.07, 6.45) is 3.82. The molecule has 2 saturated heterocycles. The average Bonchev–Trinajstić information content (AvgIpc) is 3.30. The lowest BCUT2D eigenvalue weighted by Gasteiger charge is -2.30. The summed E-state index contributed by atoms with van der Waals surface area (Å²) in [7, 11) is 0. The monoisotopic (exact) mass is 484 g/mol. The molecular weight excluding hydrogens is 452 g/mol. The van der Waals surface area contributed by atoms with E-state index >= 15 is 0 Å². The Labute approximate surface area is 210 Å². The lowest BCUT2D eigenvalue weighted by Crippen LogP contribution is -2.39. The van der Waals surface area contributed by atoms with E-state index in [1.54, 1.807) is 6.20 Å². The minimum Gasteiger partial charge on any atom is -0.383 e. The molecule has 0 radical (unpaired) electrons. The molecule has 36 heavy (non-hydrogen) atoms. The molecule has 3 aromatic heterocycles. The van der Waals surface area contributed by atoms with Gasteiger partial charge < -0.3 is 21.1 Å². The summed E-state index contributed by atoms with van der Waals surface area (Å²) in [6, 6.07) is 16.9. The molecule has 0 bridgehead atoms. The van der Waals surface area contributed by atoms with Crippen LogP contribution in [0.2, 0.25) is 0 Å². The van der Waals surface area contributed by atoms with E-state index in [-0.39, 0.29) is 0 Å². The van der Waals surface area contributed by atoms with Gasteiger partial charge in [-0.25, -0.2) is 15.0 Å². The van der Waals surface area contributed by atoms with E-state index in [0.717, 1.165) is 79.6 Å².